The number of nitrogens with zero attached hydrogens (tertiary/aromatic N) is 2. The van der Waals surface area contributed by atoms with Crippen LogP contribution in [0.15, 0.2) is 27.3 Å². The molecule has 0 unspecified atom stereocenters. The van der Waals surface area contributed by atoms with Crippen molar-refractivity contribution < 1.29 is 14.2 Å². The van der Waals surface area contributed by atoms with E-state index in [0.29, 0.717) is 22.7 Å². The van der Waals surface area contributed by atoms with E-state index in [2.05, 4.69) is 30.9 Å². The van der Waals surface area contributed by atoms with Crippen LogP contribution in [0, 0.1) is 6.92 Å². The standard InChI is InChI=1S/C11H9BrN2O3/c1-7-11(14-17-13-7)6-16-9-2-3-10(12)8(4-9)5-15/h2-5H,6H2,1H3. The first kappa shape index (κ1) is 11.8. The molecular formula is C11H9BrN2O3. The van der Waals surface area contributed by atoms with Gasteiger partial charge in [-0.3, -0.25) is 4.79 Å². The Morgan fingerprint density at radius 1 is 1.47 bits per heavy atom. The number of ether oxygens (including phenoxy) is 1. The lowest BCUT2D eigenvalue weighted by molar-refractivity contribution is 0.112. The summed E-state index contributed by atoms with van der Waals surface area (Å²) in [6.45, 7) is 2.04. The molecule has 1 aromatic heterocycles. The maximum absolute atomic E-state index is 10.7. The van der Waals surface area contributed by atoms with Crippen LogP contribution in [-0.2, 0) is 6.61 Å². The summed E-state index contributed by atoms with van der Waals surface area (Å²) in [5.74, 6) is 0.595. The predicted octanol–water partition coefficient (Wildman–Crippen LogP) is 2.53. The summed E-state index contributed by atoms with van der Waals surface area (Å²) in [4.78, 5) is 10.7. The molecule has 6 heteroatoms. The van der Waals surface area contributed by atoms with Crippen LogP contribution in [0.2, 0.25) is 0 Å². The average Bonchev–Trinajstić information content (AvgIpc) is 2.74. The fourth-order valence-electron chi connectivity index (χ4n) is 1.23. The highest BCUT2D eigenvalue weighted by Crippen LogP contribution is 2.21. The van der Waals surface area contributed by atoms with Gasteiger partial charge in [0.05, 0.1) is 0 Å². The Hall–Kier alpha value is -1.69. The van der Waals surface area contributed by atoms with Crippen LogP contribution in [0.4, 0.5) is 0 Å². The van der Waals surface area contributed by atoms with Gasteiger partial charge >= 0.3 is 0 Å². The van der Waals surface area contributed by atoms with Crippen molar-refractivity contribution in [3.8, 4) is 5.75 Å². The van der Waals surface area contributed by atoms with Crippen LogP contribution in [0.5, 0.6) is 5.75 Å². The fourth-order valence-corrected chi connectivity index (χ4v) is 1.57. The predicted molar refractivity (Wildman–Crippen MR) is 62.9 cm³/mol. The van der Waals surface area contributed by atoms with Crippen molar-refractivity contribution in [2.75, 3.05) is 0 Å². The highest BCUT2D eigenvalue weighted by molar-refractivity contribution is 9.10. The lowest BCUT2D eigenvalue weighted by Crippen LogP contribution is -1.98. The average molecular weight is 297 g/mol. The van der Waals surface area contributed by atoms with E-state index < -0.39 is 0 Å². The quantitative estimate of drug-likeness (QED) is 0.811. The molecule has 1 heterocycles. The first-order valence-corrected chi connectivity index (χ1v) is 5.65. The topological polar surface area (TPSA) is 65.2 Å². The normalized spacial score (nSPS) is 10.2. The second kappa shape index (κ2) is 5.09. The first-order chi connectivity index (χ1) is 8.20. The lowest BCUT2D eigenvalue weighted by Gasteiger charge is -2.05. The molecule has 0 saturated heterocycles. The molecule has 1 aromatic carbocycles. The Balaban J connectivity index is 2.09. The first-order valence-electron chi connectivity index (χ1n) is 4.86. The van der Waals surface area contributed by atoms with Crippen molar-refractivity contribution in [1.82, 2.24) is 10.3 Å². The molecule has 0 N–H and O–H groups in total. The van der Waals surface area contributed by atoms with E-state index in [-0.39, 0.29) is 6.61 Å². The largest absolute Gasteiger partial charge is 0.487 e. The van der Waals surface area contributed by atoms with E-state index in [1.165, 1.54) is 0 Å². The van der Waals surface area contributed by atoms with Crippen LogP contribution >= 0.6 is 15.9 Å². The molecule has 2 aromatic rings. The van der Waals surface area contributed by atoms with Crippen LogP contribution in [0.1, 0.15) is 21.7 Å². The van der Waals surface area contributed by atoms with Gasteiger partial charge in [0.2, 0.25) is 0 Å². The molecule has 0 amide bonds. The zero-order chi connectivity index (χ0) is 12.3. The Morgan fingerprint density at radius 3 is 2.94 bits per heavy atom. The smallest absolute Gasteiger partial charge is 0.151 e. The minimum atomic E-state index is 0.259. The molecule has 17 heavy (non-hydrogen) atoms. The van der Waals surface area contributed by atoms with Crippen molar-refractivity contribution >= 4 is 22.2 Å². The molecular weight excluding hydrogens is 288 g/mol. The van der Waals surface area contributed by atoms with E-state index in [0.717, 1.165) is 10.8 Å². The number of hydrogen-bond acceptors (Lipinski definition) is 5. The van der Waals surface area contributed by atoms with Crippen LogP contribution in [-0.4, -0.2) is 16.6 Å². The maximum atomic E-state index is 10.7. The van der Waals surface area contributed by atoms with E-state index >= 15 is 0 Å². The van der Waals surface area contributed by atoms with Crippen molar-refractivity contribution in [2.24, 2.45) is 0 Å². The van der Waals surface area contributed by atoms with Crippen LogP contribution < -0.4 is 4.74 Å². The molecule has 0 saturated carbocycles. The van der Waals surface area contributed by atoms with Gasteiger partial charge in [-0.15, -0.1) is 0 Å². The van der Waals surface area contributed by atoms with E-state index in [1.54, 1.807) is 25.1 Å². The number of halogens is 1. The zero-order valence-corrected chi connectivity index (χ0v) is 10.6. The van der Waals surface area contributed by atoms with Gasteiger partial charge in [0.25, 0.3) is 0 Å². The Labute approximate surface area is 106 Å². The van der Waals surface area contributed by atoms with Crippen molar-refractivity contribution in [3.63, 3.8) is 0 Å². The van der Waals surface area contributed by atoms with Gasteiger partial charge in [0, 0.05) is 10.0 Å². The van der Waals surface area contributed by atoms with Gasteiger partial charge in [-0.05, 0) is 25.1 Å². The molecule has 0 aliphatic heterocycles. The van der Waals surface area contributed by atoms with Gasteiger partial charge in [-0.1, -0.05) is 26.2 Å². The number of aldehydes is 1. The third kappa shape index (κ3) is 2.71. The minimum Gasteiger partial charge on any atom is -0.487 e. The molecule has 0 radical (unpaired) electrons. The maximum Gasteiger partial charge on any atom is 0.151 e. The molecule has 0 atom stereocenters. The SMILES string of the molecule is Cc1nonc1COc1ccc(Br)c(C=O)c1. The second-order valence-electron chi connectivity index (χ2n) is 3.39. The Kier molecular flexibility index (Phi) is 3.53. The lowest BCUT2D eigenvalue weighted by atomic mass is 10.2. The van der Waals surface area contributed by atoms with E-state index in [1.807, 2.05) is 0 Å². The van der Waals surface area contributed by atoms with Gasteiger partial charge in [0.1, 0.15) is 23.7 Å². The Morgan fingerprint density at radius 2 is 2.29 bits per heavy atom. The van der Waals surface area contributed by atoms with Crippen molar-refractivity contribution in [3.05, 3.63) is 39.6 Å². The highest BCUT2D eigenvalue weighted by Gasteiger charge is 2.07. The molecule has 0 aliphatic rings. The summed E-state index contributed by atoms with van der Waals surface area (Å²) in [6, 6.07) is 5.17. The van der Waals surface area contributed by atoms with Gasteiger partial charge in [-0.25, -0.2) is 4.63 Å². The summed E-state index contributed by atoms with van der Waals surface area (Å²) in [5.41, 5.74) is 1.87. The monoisotopic (exact) mass is 296 g/mol. The number of rotatable bonds is 4. The van der Waals surface area contributed by atoms with Crippen molar-refractivity contribution in [2.45, 2.75) is 13.5 Å². The third-order valence-corrected chi connectivity index (χ3v) is 2.94. The zero-order valence-electron chi connectivity index (χ0n) is 9.01. The number of carbonyl (C=O) groups is 1. The molecule has 0 bridgehead atoms. The van der Waals surface area contributed by atoms with Crippen LogP contribution in [0.3, 0.4) is 0 Å². The molecule has 5 nitrogen and oxygen atoms in total. The fraction of sp³-hybridized carbons (Fsp3) is 0.182. The van der Waals surface area contributed by atoms with Gasteiger partial charge < -0.3 is 4.74 Å². The molecule has 0 spiro atoms. The number of aryl methyl sites for hydroxylation is 1. The number of carbonyl (C=O) groups excluding carboxylic acids is 1. The van der Waals surface area contributed by atoms with Crippen molar-refractivity contribution in [1.29, 1.82) is 0 Å². The molecule has 88 valence electrons. The highest BCUT2D eigenvalue weighted by atomic mass is 79.9. The summed E-state index contributed by atoms with van der Waals surface area (Å²) in [5, 5.41) is 7.35. The molecule has 0 aliphatic carbocycles. The summed E-state index contributed by atoms with van der Waals surface area (Å²) in [7, 11) is 0. The number of benzene rings is 1. The summed E-state index contributed by atoms with van der Waals surface area (Å²) < 4.78 is 10.8. The molecule has 2 rings (SSSR count). The minimum absolute atomic E-state index is 0.259. The van der Waals surface area contributed by atoms with E-state index in [9.17, 15) is 4.79 Å². The third-order valence-electron chi connectivity index (χ3n) is 2.22. The number of aromatic nitrogens is 2. The van der Waals surface area contributed by atoms with Crippen LogP contribution in [0.25, 0.3) is 0 Å². The second-order valence-corrected chi connectivity index (χ2v) is 4.24. The number of hydrogen-bond donors (Lipinski definition) is 0. The van der Waals surface area contributed by atoms with Gasteiger partial charge in [-0.2, -0.15) is 0 Å². The summed E-state index contributed by atoms with van der Waals surface area (Å²) in [6.07, 6.45) is 0.764. The summed E-state index contributed by atoms with van der Waals surface area (Å²) >= 11 is 3.27. The van der Waals surface area contributed by atoms with E-state index in [4.69, 9.17) is 4.74 Å². The molecule has 0 fully saturated rings. The van der Waals surface area contributed by atoms with Gasteiger partial charge in [0.15, 0.2) is 6.29 Å². The Bertz CT molecular complexity index is 539.